The molecule has 130 valence electrons. The molecule has 0 aliphatic heterocycles. The molecular weight excluding hydrogens is 358 g/mol. The van der Waals surface area contributed by atoms with Crippen LogP contribution in [0, 0.1) is 0 Å². The van der Waals surface area contributed by atoms with Gasteiger partial charge in [-0.15, -0.1) is 21.5 Å². The summed E-state index contributed by atoms with van der Waals surface area (Å²) in [4.78, 5) is 13.2. The highest BCUT2D eigenvalue weighted by atomic mass is 32.2. The van der Waals surface area contributed by atoms with Crippen molar-refractivity contribution < 1.29 is 13.9 Å². The van der Waals surface area contributed by atoms with Crippen LogP contribution < -0.4 is 10.1 Å². The molecule has 2 heterocycles. The number of carbonyl (C=O) groups excluding carboxylic acids is 1. The summed E-state index contributed by atoms with van der Waals surface area (Å²) in [7, 11) is 0. The molecule has 1 aromatic carbocycles. The number of thioether (sulfide) groups is 1. The maximum absolute atomic E-state index is 12.3. The van der Waals surface area contributed by atoms with E-state index >= 15 is 0 Å². The van der Waals surface area contributed by atoms with Crippen LogP contribution in [-0.2, 0) is 4.79 Å². The van der Waals surface area contributed by atoms with E-state index in [4.69, 9.17) is 9.15 Å². The second-order valence-corrected chi connectivity index (χ2v) is 7.30. The van der Waals surface area contributed by atoms with Crippen molar-refractivity contribution in [1.29, 1.82) is 0 Å². The summed E-state index contributed by atoms with van der Waals surface area (Å²) in [5.41, 5.74) is 0.714. The maximum Gasteiger partial charge on any atom is 0.277 e. The maximum atomic E-state index is 12.3. The minimum Gasteiger partial charge on any atom is -0.494 e. The lowest BCUT2D eigenvalue weighted by atomic mass is 10.3. The van der Waals surface area contributed by atoms with Crippen LogP contribution in [0.1, 0.15) is 13.8 Å². The van der Waals surface area contributed by atoms with Crippen LogP contribution in [0.25, 0.3) is 10.8 Å². The zero-order valence-corrected chi connectivity index (χ0v) is 15.4. The molecule has 2 aromatic heterocycles. The fourth-order valence-electron chi connectivity index (χ4n) is 2.01. The Kier molecular flexibility index (Phi) is 5.72. The number of hydrogen-bond acceptors (Lipinski definition) is 7. The smallest absolute Gasteiger partial charge is 0.277 e. The number of ether oxygens (including phenoxy) is 1. The largest absolute Gasteiger partial charge is 0.494 e. The minimum atomic E-state index is -0.372. The first-order chi connectivity index (χ1) is 12.2. The number of rotatable bonds is 7. The number of amides is 1. The van der Waals surface area contributed by atoms with Crippen LogP contribution in [0.2, 0.25) is 0 Å². The van der Waals surface area contributed by atoms with Gasteiger partial charge in [0.15, 0.2) is 0 Å². The van der Waals surface area contributed by atoms with Crippen molar-refractivity contribution in [3.8, 4) is 16.5 Å². The Morgan fingerprint density at radius 3 is 2.80 bits per heavy atom. The Morgan fingerprint density at radius 2 is 2.12 bits per heavy atom. The van der Waals surface area contributed by atoms with Crippen LogP contribution >= 0.6 is 23.1 Å². The number of thiophene rings is 1. The molecule has 1 N–H and O–H groups in total. The van der Waals surface area contributed by atoms with Crippen molar-refractivity contribution in [2.75, 3.05) is 11.9 Å². The first-order valence-electron chi connectivity index (χ1n) is 7.73. The number of benzene rings is 1. The average Bonchev–Trinajstić information content (AvgIpc) is 3.28. The Labute approximate surface area is 153 Å². The van der Waals surface area contributed by atoms with E-state index in [1.165, 1.54) is 23.1 Å². The molecule has 0 aliphatic rings. The molecule has 0 saturated heterocycles. The molecule has 0 bridgehead atoms. The standard InChI is InChI=1S/C17H17N3O3S2/c1-3-22-13-8-6-12(7-9-13)18-15(21)11(2)25-17-20-19-16(23-17)14-5-4-10-24-14/h4-11H,3H2,1-2H3,(H,18,21)/t11-/m1/s1. The lowest BCUT2D eigenvalue weighted by Crippen LogP contribution is -2.22. The second-order valence-electron chi connectivity index (χ2n) is 5.06. The van der Waals surface area contributed by atoms with Gasteiger partial charge in [-0.3, -0.25) is 4.79 Å². The molecule has 1 atom stereocenters. The Morgan fingerprint density at radius 1 is 1.32 bits per heavy atom. The van der Waals surface area contributed by atoms with Crippen LogP contribution in [0.3, 0.4) is 0 Å². The third-order valence-corrected chi connectivity index (χ3v) is 5.01. The monoisotopic (exact) mass is 375 g/mol. The van der Waals surface area contributed by atoms with Gasteiger partial charge in [-0.05, 0) is 49.6 Å². The summed E-state index contributed by atoms with van der Waals surface area (Å²) >= 11 is 2.75. The molecule has 6 nitrogen and oxygen atoms in total. The molecule has 0 aliphatic carbocycles. The number of nitrogens with zero attached hydrogens (tertiary/aromatic N) is 2. The number of nitrogens with one attached hydrogen (secondary N) is 1. The Hall–Kier alpha value is -2.32. The van der Waals surface area contributed by atoms with Crippen molar-refractivity contribution in [2.24, 2.45) is 0 Å². The predicted molar refractivity (Wildman–Crippen MR) is 99.2 cm³/mol. The van der Waals surface area contributed by atoms with Gasteiger partial charge in [0.25, 0.3) is 11.1 Å². The summed E-state index contributed by atoms with van der Waals surface area (Å²) in [6.45, 7) is 4.33. The van der Waals surface area contributed by atoms with Gasteiger partial charge in [0.1, 0.15) is 5.75 Å². The van der Waals surface area contributed by atoms with Gasteiger partial charge >= 0.3 is 0 Å². The predicted octanol–water partition coefficient (Wildman–Crippen LogP) is 4.32. The zero-order valence-electron chi connectivity index (χ0n) is 13.8. The Balaban J connectivity index is 1.57. The SMILES string of the molecule is CCOc1ccc(NC(=O)[C@@H](C)Sc2nnc(-c3cccs3)o2)cc1. The van der Waals surface area contributed by atoms with Crippen LogP contribution in [-0.4, -0.2) is 28.0 Å². The van der Waals surface area contributed by atoms with Gasteiger partial charge in [-0.2, -0.15) is 0 Å². The molecule has 0 spiro atoms. The third-order valence-electron chi connectivity index (χ3n) is 3.22. The van der Waals surface area contributed by atoms with Crippen LogP contribution in [0.15, 0.2) is 51.4 Å². The molecule has 0 fully saturated rings. The summed E-state index contributed by atoms with van der Waals surface area (Å²) in [6, 6.07) is 11.1. The topological polar surface area (TPSA) is 77.2 Å². The quantitative estimate of drug-likeness (QED) is 0.620. The highest BCUT2D eigenvalue weighted by Crippen LogP contribution is 2.29. The number of anilines is 1. The summed E-state index contributed by atoms with van der Waals surface area (Å²) in [5.74, 6) is 1.11. The van der Waals surface area contributed by atoms with E-state index in [0.717, 1.165) is 10.6 Å². The van der Waals surface area contributed by atoms with Crippen LogP contribution in [0.4, 0.5) is 5.69 Å². The highest BCUT2D eigenvalue weighted by molar-refractivity contribution is 8.00. The molecule has 0 unspecified atom stereocenters. The van der Waals surface area contributed by atoms with Gasteiger partial charge in [0, 0.05) is 5.69 Å². The van der Waals surface area contributed by atoms with E-state index in [-0.39, 0.29) is 11.2 Å². The fourth-order valence-corrected chi connectivity index (χ4v) is 3.33. The summed E-state index contributed by atoms with van der Waals surface area (Å²) in [6.07, 6.45) is 0. The number of hydrogen-bond donors (Lipinski definition) is 1. The van der Waals surface area contributed by atoms with E-state index in [1.54, 1.807) is 6.92 Å². The molecule has 0 radical (unpaired) electrons. The van der Waals surface area contributed by atoms with Gasteiger partial charge in [0.2, 0.25) is 5.91 Å². The Bertz CT molecular complexity index is 816. The molecular formula is C17H17N3O3S2. The third kappa shape index (κ3) is 4.61. The van der Waals surface area contributed by atoms with E-state index in [0.29, 0.717) is 23.4 Å². The molecule has 25 heavy (non-hydrogen) atoms. The van der Waals surface area contributed by atoms with E-state index < -0.39 is 0 Å². The molecule has 8 heteroatoms. The average molecular weight is 375 g/mol. The lowest BCUT2D eigenvalue weighted by Gasteiger charge is -2.10. The molecule has 1 amide bonds. The van der Waals surface area contributed by atoms with Crippen molar-refractivity contribution in [2.45, 2.75) is 24.3 Å². The fraction of sp³-hybridized carbons (Fsp3) is 0.235. The van der Waals surface area contributed by atoms with Gasteiger partial charge in [-0.25, -0.2) is 0 Å². The van der Waals surface area contributed by atoms with E-state index in [2.05, 4.69) is 15.5 Å². The van der Waals surface area contributed by atoms with E-state index in [9.17, 15) is 4.79 Å². The van der Waals surface area contributed by atoms with Crippen molar-refractivity contribution in [3.63, 3.8) is 0 Å². The summed E-state index contributed by atoms with van der Waals surface area (Å²) in [5, 5.41) is 12.8. The van der Waals surface area contributed by atoms with Crippen LogP contribution in [0.5, 0.6) is 5.75 Å². The van der Waals surface area contributed by atoms with Crippen molar-refractivity contribution in [3.05, 3.63) is 41.8 Å². The molecule has 3 rings (SSSR count). The van der Waals surface area contributed by atoms with Gasteiger partial charge < -0.3 is 14.5 Å². The highest BCUT2D eigenvalue weighted by Gasteiger charge is 2.19. The summed E-state index contributed by atoms with van der Waals surface area (Å²) < 4.78 is 11.0. The number of carbonyl (C=O) groups is 1. The second kappa shape index (κ2) is 8.17. The van der Waals surface area contributed by atoms with E-state index in [1.807, 2.05) is 48.7 Å². The minimum absolute atomic E-state index is 0.134. The zero-order chi connectivity index (χ0) is 17.6. The number of aromatic nitrogens is 2. The van der Waals surface area contributed by atoms with Crippen molar-refractivity contribution in [1.82, 2.24) is 10.2 Å². The molecule has 0 saturated carbocycles. The first kappa shape index (κ1) is 17.5. The normalized spacial score (nSPS) is 11.9. The van der Waals surface area contributed by atoms with Gasteiger partial charge in [-0.1, -0.05) is 17.8 Å². The van der Waals surface area contributed by atoms with Gasteiger partial charge in [0.05, 0.1) is 16.7 Å². The molecule has 3 aromatic rings. The lowest BCUT2D eigenvalue weighted by molar-refractivity contribution is -0.115. The first-order valence-corrected chi connectivity index (χ1v) is 9.49. The van der Waals surface area contributed by atoms with Crippen molar-refractivity contribution >= 4 is 34.7 Å².